The largest absolute Gasteiger partial charge is 0.512 e. The minimum atomic E-state index is -0.125. The van der Waals surface area contributed by atoms with Crippen molar-refractivity contribution in [2.75, 3.05) is 0 Å². The van der Waals surface area contributed by atoms with Gasteiger partial charge in [0, 0.05) is 74.8 Å². The number of nitrogens with zero attached hydrogens (tertiary/aromatic N) is 1. The Kier molecular flexibility index (Phi) is 9.74. The van der Waals surface area contributed by atoms with E-state index < -0.39 is 0 Å². The first-order chi connectivity index (χ1) is 21.6. The number of hydrogen-bond acceptors (Lipinski definition) is 5. The summed E-state index contributed by atoms with van der Waals surface area (Å²) >= 11 is 1.86. The van der Waals surface area contributed by atoms with Crippen LogP contribution in [0, 0.1) is 33.8 Å². The Labute approximate surface area is 286 Å². The number of thiophene rings is 1. The summed E-state index contributed by atoms with van der Waals surface area (Å²) in [6, 6.07) is 31.4. The molecule has 4 aromatic carbocycles. The van der Waals surface area contributed by atoms with Crippen molar-refractivity contribution in [1.29, 1.82) is 0 Å². The summed E-state index contributed by atoms with van der Waals surface area (Å²) < 4.78 is 9.42. The molecule has 0 fully saturated rings. The zero-order valence-corrected chi connectivity index (χ0v) is 29.8. The minimum Gasteiger partial charge on any atom is -0.512 e. The average Bonchev–Trinajstić information content (AvgIpc) is 3.59. The number of carbonyl (C=O) groups excluding carboxylic acids is 1. The molecule has 0 saturated carbocycles. The van der Waals surface area contributed by atoms with Gasteiger partial charge in [-0.2, -0.15) is 0 Å². The summed E-state index contributed by atoms with van der Waals surface area (Å²) in [7, 11) is 0. The predicted molar refractivity (Wildman–Crippen MR) is 188 cm³/mol. The van der Waals surface area contributed by atoms with Gasteiger partial charge in [0.05, 0.1) is 5.76 Å². The first-order valence-electron chi connectivity index (χ1n) is 14.9. The van der Waals surface area contributed by atoms with Crippen LogP contribution >= 0.6 is 11.3 Å². The van der Waals surface area contributed by atoms with Crippen molar-refractivity contribution in [3.8, 4) is 33.7 Å². The monoisotopic (exact) mass is 801 g/mol. The second-order valence-electron chi connectivity index (χ2n) is 11.6. The number of allylic oxidation sites excluding steroid dienone is 2. The van der Waals surface area contributed by atoms with Crippen molar-refractivity contribution >= 4 is 48.3 Å². The summed E-state index contributed by atoms with van der Waals surface area (Å²) in [5, 5.41) is 12.1. The third kappa shape index (κ3) is 6.47. The molecule has 7 rings (SSSR count). The molecule has 6 heteroatoms. The number of ketones is 1. The molecule has 0 unspecified atom stereocenters. The van der Waals surface area contributed by atoms with Crippen LogP contribution in [0.5, 0.6) is 0 Å². The van der Waals surface area contributed by atoms with Crippen molar-refractivity contribution in [2.24, 2.45) is 0 Å². The zero-order valence-electron chi connectivity index (χ0n) is 26.6. The number of rotatable bonds is 4. The molecule has 1 N–H and O–H groups in total. The number of hydrogen-bond donors (Lipinski definition) is 1. The van der Waals surface area contributed by atoms with E-state index in [1.807, 2.05) is 23.6 Å². The Bertz CT molecular complexity index is 2240. The Balaban J connectivity index is 0.000000471. The van der Waals surface area contributed by atoms with Gasteiger partial charge >= 0.3 is 0 Å². The molecule has 3 aromatic heterocycles. The summed E-state index contributed by atoms with van der Waals surface area (Å²) in [5.74, 6) is 0.817. The Morgan fingerprint density at radius 3 is 2.28 bits per heavy atom. The molecule has 3 heterocycles. The molecule has 1 radical (unpaired) electrons. The van der Waals surface area contributed by atoms with Crippen LogP contribution in [-0.4, -0.2) is 15.9 Å². The smallest absolute Gasteiger partial charge is 0.155 e. The first-order valence-corrected chi connectivity index (χ1v) is 15.7. The van der Waals surface area contributed by atoms with Crippen LogP contribution in [-0.2, 0) is 24.9 Å². The molecule has 0 aliphatic carbocycles. The van der Waals surface area contributed by atoms with Gasteiger partial charge in [0.2, 0.25) is 0 Å². The molecule has 0 spiro atoms. The second-order valence-corrected chi connectivity index (χ2v) is 12.6. The molecule has 0 saturated heterocycles. The predicted octanol–water partition coefficient (Wildman–Crippen LogP) is 11.3. The number of fused-ring (bicyclic) bond motifs is 4. The third-order valence-corrected chi connectivity index (χ3v) is 9.12. The van der Waals surface area contributed by atoms with Crippen LogP contribution in [0.1, 0.15) is 36.1 Å². The first kappa shape index (κ1) is 33.0. The van der Waals surface area contributed by atoms with Crippen LogP contribution in [0.15, 0.2) is 101 Å². The van der Waals surface area contributed by atoms with Gasteiger partial charge in [0.25, 0.3) is 0 Å². The van der Waals surface area contributed by atoms with Gasteiger partial charge in [0.1, 0.15) is 11.3 Å². The van der Waals surface area contributed by atoms with Crippen molar-refractivity contribution < 1.29 is 34.4 Å². The van der Waals surface area contributed by atoms with Gasteiger partial charge in [-0.1, -0.05) is 62.4 Å². The molecule has 0 atom stereocenters. The SMILES string of the molecule is CC(=O)/C=C(/C)O.Cc1[c-]c(-c2ncc(-c3ccccc3)c3cc(-c4c(C)cc5c(sc6ccccc65)c4C)oc23)cc(C)c1.[Ir]. The number of furan rings is 1. The van der Waals surface area contributed by atoms with Gasteiger partial charge < -0.3 is 14.5 Å². The van der Waals surface area contributed by atoms with Crippen LogP contribution in [0.3, 0.4) is 0 Å². The molecule has 4 nitrogen and oxygen atoms in total. The molecular weight excluding hydrogens is 767 g/mol. The standard InChI is InChI=1S/C35H26NOS.C5H8O2.Ir/c1-20-14-21(2)16-25(15-20)33-34-27(29(19-36-33)24-10-6-5-7-11-24)18-30(37-34)32-22(3)17-28-26-12-8-9-13-31(26)38-35(28)23(32)4;1-4(6)3-5(2)7;/h5-15,17-19H,1-4H3;3,6H,1-2H3;/q-1;;/b;4-3-;. The average molecular weight is 801 g/mol. The summed E-state index contributed by atoms with van der Waals surface area (Å²) in [6.07, 6.45) is 3.15. The van der Waals surface area contributed by atoms with E-state index in [1.54, 1.807) is 0 Å². The van der Waals surface area contributed by atoms with E-state index in [0.29, 0.717) is 0 Å². The van der Waals surface area contributed by atoms with Crippen molar-refractivity contribution in [3.63, 3.8) is 0 Å². The molecule has 7 aromatic rings. The Morgan fingerprint density at radius 1 is 0.891 bits per heavy atom. The normalized spacial score (nSPS) is 11.4. The van der Waals surface area contributed by atoms with Crippen molar-refractivity contribution in [3.05, 3.63) is 125 Å². The summed E-state index contributed by atoms with van der Waals surface area (Å²) in [6.45, 7) is 11.5. The van der Waals surface area contributed by atoms with Gasteiger partial charge in [-0.3, -0.25) is 4.79 Å². The number of pyridine rings is 1. The van der Waals surface area contributed by atoms with Crippen LogP contribution < -0.4 is 0 Å². The molecule has 0 aliphatic heterocycles. The number of aromatic nitrogens is 1. The summed E-state index contributed by atoms with van der Waals surface area (Å²) in [4.78, 5) is 15.0. The number of carbonyl (C=O) groups is 1. The van der Waals surface area contributed by atoms with Gasteiger partial charge in [-0.25, -0.2) is 0 Å². The van der Waals surface area contributed by atoms with Gasteiger partial charge in [-0.05, 0) is 62.6 Å². The van der Waals surface area contributed by atoms with E-state index in [1.165, 1.54) is 56.8 Å². The Morgan fingerprint density at radius 2 is 1.61 bits per heavy atom. The maximum Gasteiger partial charge on any atom is 0.155 e. The molecule has 0 bridgehead atoms. The van der Waals surface area contributed by atoms with E-state index in [4.69, 9.17) is 14.5 Å². The molecule has 0 aliphatic rings. The fourth-order valence-electron chi connectivity index (χ4n) is 6.07. The van der Waals surface area contributed by atoms with E-state index in [2.05, 4.69) is 107 Å². The quantitative estimate of drug-likeness (QED) is 0.109. The van der Waals surface area contributed by atoms with Crippen LogP contribution in [0.2, 0.25) is 0 Å². The molecular formula is C40H34IrNO3S-. The molecule has 233 valence electrons. The van der Waals surface area contributed by atoms with Crippen molar-refractivity contribution in [2.45, 2.75) is 41.5 Å². The van der Waals surface area contributed by atoms with E-state index in [0.717, 1.165) is 50.2 Å². The number of aliphatic hydroxyl groups is 1. The fourth-order valence-corrected chi connectivity index (χ4v) is 7.26. The second kappa shape index (κ2) is 13.6. The van der Waals surface area contributed by atoms with Gasteiger partial charge in [0.15, 0.2) is 5.78 Å². The minimum absolute atomic E-state index is 0. The number of aryl methyl sites for hydroxylation is 4. The summed E-state index contributed by atoms with van der Waals surface area (Å²) in [5.41, 5.74) is 10.7. The number of benzene rings is 4. The van der Waals surface area contributed by atoms with Crippen LogP contribution in [0.4, 0.5) is 0 Å². The van der Waals surface area contributed by atoms with E-state index in [9.17, 15) is 4.79 Å². The van der Waals surface area contributed by atoms with E-state index >= 15 is 0 Å². The van der Waals surface area contributed by atoms with Crippen LogP contribution in [0.25, 0.3) is 64.8 Å². The zero-order chi connectivity index (χ0) is 31.8. The third-order valence-electron chi connectivity index (χ3n) is 7.81. The number of aliphatic hydroxyl groups excluding tert-OH is 1. The van der Waals surface area contributed by atoms with E-state index in [-0.39, 0.29) is 31.6 Å². The maximum atomic E-state index is 10.0. The topological polar surface area (TPSA) is 63.3 Å². The van der Waals surface area contributed by atoms with Crippen molar-refractivity contribution in [1.82, 2.24) is 4.98 Å². The molecule has 46 heavy (non-hydrogen) atoms. The van der Waals surface area contributed by atoms with Gasteiger partial charge in [-0.15, -0.1) is 46.2 Å². The fraction of sp³-hybridized carbons (Fsp3) is 0.150. The molecule has 0 amide bonds. The maximum absolute atomic E-state index is 10.0. The Hall–Kier alpha value is -4.35.